The number of carbonyl (C=O) groups is 1. The summed E-state index contributed by atoms with van der Waals surface area (Å²) < 4.78 is 4.65. The zero-order valence-electron chi connectivity index (χ0n) is 8.80. The molecule has 0 radical (unpaired) electrons. The van der Waals surface area contributed by atoms with E-state index in [1.807, 2.05) is 6.07 Å². The van der Waals surface area contributed by atoms with Crippen LogP contribution in [0.1, 0.15) is 12.5 Å². The highest BCUT2D eigenvalue weighted by Gasteiger charge is 1.94. The van der Waals surface area contributed by atoms with Gasteiger partial charge in [-0.3, -0.25) is 5.43 Å². The van der Waals surface area contributed by atoms with Crippen LogP contribution in [0.15, 0.2) is 29.4 Å². The summed E-state index contributed by atoms with van der Waals surface area (Å²) >= 11 is 0. The molecule has 1 aromatic carbocycles. The summed E-state index contributed by atoms with van der Waals surface area (Å²) in [5.74, 6) is -0.497. The molecule has 5 nitrogen and oxygen atoms in total. The van der Waals surface area contributed by atoms with E-state index in [0.29, 0.717) is 17.9 Å². The van der Waals surface area contributed by atoms with Crippen LogP contribution >= 0.6 is 0 Å². The van der Waals surface area contributed by atoms with Crippen LogP contribution in [0.5, 0.6) is 0 Å². The normalized spacial score (nSPS) is 9.75. The Morgan fingerprint density at radius 3 is 2.81 bits per heavy atom. The number of nitrogens with one attached hydrogen (secondary N) is 1. The molecule has 0 heterocycles. The maximum atomic E-state index is 10.9. The lowest BCUT2D eigenvalue weighted by molar-refractivity contribution is -0.134. The number of benzene rings is 1. The van der Waals surface area contributed by atoms with Gasteiger partial charge in [0.1, 0.15) is 6.21 Å². The molecule has 0 saturated heterocycles. The average Bonchev–Trinajstić information content (AvgIpc) is 2.30. The Morgan fingerprint density at radius 2 is 2.25 bits per heavy atom. The Hall–Kier alpha value is -2.35. The summed E-state index contributed by atoms with van der Waals surface area (Å²) in [4.78, 5) is 10.9. The highest BCUT2D eigenvalue weighted by atomic mass is 16.5. The van der Waals surface area contributed by atoms with Crippen LogP contribution in [-0.2, 0) is 9.53 Å². The van der Waals surface area contributed by atoms with Gasteiger partial charge in [0.15, 0.2) is 0 Å². The molecule has 5 heteroatoms. The van der Waals surface area contributed by atoms with E-state index in [1.54, 1.807) is 31.2 Å². The van der Waals surface area contributed by atoms with E-state index in [-0.39, 0.29) is 0 Å². The van der Waals surface area contributed by atoms with E-state index in [0.717, 1.165) is 6.21 Å². The van der Waals surface area contributed by atoms with Crippen LogP contribution in [0.25, 0.3) is 0 Å². The third kappa shape index (κ3) is 3.80. The number of nitriles is 1. The van der Waals surface area contributed by atoms with Gasteiger partial charge in [-0.25, -0.2) is 4.79 Å². The van der Waals surface area contributed by atoms with Gasteiger partial charge in [-0.15, -0.1) is 0 Å². The summed E-state index contributed by atoms with van der Waals surface area (Å²) in [6, 6.07) is 8.71. The van der Waals surface area contributed by atoms with Crippen molar-refractivity contribution in [3.8, 4) is 6.07 Å². The Balaban J connectivity index is 2.49. The van der Waals surface area contributed by atoms with Crippen LogP contribution in [0, 0.1) is 11.3 Å². The summed E-state index contributed by atoms with van der Waals surface area (Å²) in [7, 11) is 0. The van der Waals surface area contributed by atoms with Crippen LogP contribution < -0.4 is 5.43 Å². The van der Waals surface area contributed by atoms with Gasteiger partial charge in [-0.2, -0.15) is 10.4 Å². The minimum absolute atomic E-state index is 0.321. The van der Waals surface area contributed by atoms with Gasteiger partial charge < -0.3 is 4.74 Å². The minimum Gasteiger partial charge on any atom is -0.462 e. The molecule has 1 aromatic rings. The molecule has 1 rings (SSSR count). The SMILES string of the molecule is CCOC(=O)C=NNc1ccc(C#N)cc1. The molecular formula is C11H11N3O2. The maximum absolute atomic E-state index is 10.9. The molecule has 16 heavy (non-hydrogen) atoms. The number of ether oxygens (including phenoxy) is 1. The number of anilines is 1. The molecule has 0 atom stereocenters. The van der Waals surface area contributed by atoms with Crippen molar-refractivity contribution < 1.29 is 9.53 Å². The Morgan fingerprint density at radius 1 is 1.56 bits per heavy atom. The fraction of sp³-hybridized carbons (Fsp3) is 0.182. The first kappa shape index (κ1) is 11.7. The molecule has 1 N–H and O–H groups in total. The molecule has 0 bridgehead atoms. The van der Waals surface area contributed by atoms with Crippen molar-refractivity contribution in [2.24, 2.45) is 5.10 Å². The van der Waals surface area contributed by atoms with Crippen molar-refractivity contribution in [2.75, 3.05) is 12.0 Å². The molecule has 0 amide bonds. The van der Waals surface area contributed by atoms with E-state index >= 15 is 0 Å². The second kappa shape index (κ2) is 6.19. The number of hydrazone groups is 1. The number of nitrogens with zero attached hydrogens (tertiary/aromatic N) is 2. The average molecular weight is 217 g/mol. The van der Waals surface area contributed by atoms with Crippen molar-refractivity contribution in [3.63, 3.8) is 0 Å². The molecule has 0 aliphatic heterocycles. The van der Waals surface area contributed by atoms with E-state index in [1.165, 1.54) is 0 Å². The number of carbonyl (C=O) groups excluding carboxylic acids is 1. The van der Waals surface area contributed by atoms with Crippen LogP contribution in [0.2, 0.25) is 0 Å². The summed E-state index contributed by atoms with van der Waals surface area (Å²) in [6.45, 7) is 2.04. The first-order chi connectivity index (χ1) is 7.76. The topological polar surface area (TPSA) is 74.5 Å². The largest absolute Gasteiger partial charge is 0.462 e. The standard InChI is InChI=1S/C11H11N3O2/c1-2-16-11(15)8-13-14-10-5-3-9(7-12)4-6-10/h3-6,8,14H,2H2,1H3. The molecule has 0 spiro atoms. The first-order valence-electron chi connectivity index (χ1n) is 4.72. The first-order valence-corrected chi connectivity index (χ1v) is 4.72. The fourth-order valence-corrected chi connectivity index (χ4v) is 0.958. The monoisotopic (exact) mass is 217 g/mol. The summed E-state index contributed by atoms with van der Waals surface area (Å²) in [5, 5.41) is 12.3. The van der Waals surface area contributed by atoms with Gasteiger partial charge in [0.05, 0.1) is 23.9 Å². The number of esters is 1. The fourth-order valence-electron chi connectivity index (χ4n) is 0.958. The highest BCUT2D eigenvalue weighted by molar-refractivity contribution is 6.23. The second-order valence-electron chi connectivity index (χ2n) is 2.81. The van der Waals surface area contributed by atoms with Gasteiger partial charge >= 0.3 is 5.97 Å². The molecule has 82 valence electrons. The molecule has 0 fully saturated rings. The Labute approximate surface area is 93.3 Å². The van der Waals surface area contributed by atoms with E-state index in [9.17, 15) is 4.79 Å². The Kier molecular flexibility index (Phi) is 4.54. The minimum atomic E-state index is -0.497. The number of hydrogen-bond acceptors (Lipinski definition) is 5. The quantitative estimate of drug-likeness (QED) is 0.471. The van der Waals surface area contributed by atoms with E-state index in [2.05, 4.69) is 15.3 Å². The number of hydrogen-bond donors (Lipinski definition) is 1. The van der Waals surface area contributed by atoms with E-state index in [4.69, 9.17) is 5.26 Å². The predicted molar refractivity (Wildman–Crippen MR) is 59.9 cm³/mol. The molecule has 0 aromatic heterocycles. The lowest BCUT2D eigenvalue weighted by Crippen LogP contribution is -2.06. The zero-order chi connectivity index (χ0) is 11.8. The second-order valence-corrected chi connectivity index (χ2v) is 2.81. The lowest BCUT2D eigenvalue weighted by atomic mass is 10.2. The third-order valence-electron chi connectivity index (χ3n) is 1.66. The summed E-state index contributed by atoms with van der Waals surface area (Å²) in [5.41, 5.74) is 3.91. The summed E-state index contributed by atoms with van der Waals surface area (Å²) in [6.07, 6.45) is 1.06. The molecular weight excluding hydrogens is 206 g/mol. The maximum Gasteiger partial charge on any atom is 0.351 e. The van der Waals surface area contributed by atoms with Crippen molar-refractivity contribution in [3.05, 3.63) is 29.8 Å². The van der Waals surface area contributed by atoms with Gasteiger partial charge in [0.2, 0.25) is 0 Å². The van der Waals surface area contributed by atoms with Gasteiger partial charge in [0, 0.05) is 0 Å². The van der Waals surface area contributed by atoms with Crippen molar-refractivity contribution in [1.82, 2.24) is 0 Å². The molecule has 0 aliphatic carbocycles. The van der Waals surface area contributed by atoms with Gasteiger partial charge in [-0.1, -0.05) is 0 Å². The van der Waals surface area contributed by atoms with Crippen molar-refractivity contribution >= 4 is 17.9 Å². The molecule has 0 unspecified atom stereocenters. The van der Waals surface area contributed by atoms with Crippen molar-refractivity contribution in [1.29, 1.82) is 5.26 Å². The Bertz CT molecular complexity index is 418. The highest BCUT2D eigenvalue weighted by Crippen LogP contribution is 2.07. The van der Waals surface area contributed by atoms with Crippen molar-refractivity contribution in [2.45, 2.75) is 6.92 Å². The van der Waals surface area contributed by atoms with Gasteiger partial charge in [-0.05, 0) is 31.2 Å². The predicted octanol–water partition coefficient (Wildman–Crippen LogP) is 1.52. The smallest absolute Gasteiger partial charge is 0.351 e. The zero-order valence-corrected chi connectivity index (χ0v) is 8.80. The lowest BCUT2D eigenvalue weighted by Gasteiger charge is -1.99. The van der Waals surface area contributed by atoms with Gasteiger partial charge in [0.25, 0.3) is 0 Å². The molecule has 0 aliphatic rings. The van der Waals surface area contributed by atoms with E-state index < -0.39 is 5.97 Å². The third-order valence-corrected chi connectivity index (χ3v) is 1.66. The van der Waals surface area contributed by atoms with Crippen LogP contribution in [-0.4, -0.2) is 18.8 Å². The van der Waals surface area contributed by atoms with Crippen LogP contribution in [0.4, 0.5) is 5.69 Å². The molecule has 0 saturated carbocycles. The number of rotatable bonds is 4. The van der Waals surface area contributed by atoms with Crippen LogP contribution in [0.3, 0.4) is 0 Å².